The molecule has 1 aromatic carbocycles. The molecular weight excluding hydrogens is 216 g/mol. The number of carbonyl (C=O) groups excluding carboxylic acids is 1. The molecule has 0 saturated heterocycles. The lowest BCUT2D eigenvalue weighted by Gasteiger charge is -2.09. The Hall–Kier alpha value is -1.84. The van der Waals surface area contributed by atoms with Crippen LogP contribution in [0.2, 0.25) is 0 Å². The first-order chi connectivity index (χ1) is 8.24. The predicted molar refractivity (Wildman–Crippen MR) is 63.3 cm³/mol. The van der Waals surface area contributed by atoms with Crippen LogP contribution < -0.4 is 5.32 Å². The summed E-state index contributed by atoms with van der Waals surface area (Å²) in [7, 11) is 0. The van der Waals surface area contributed by atoms with Crippen LogP contribution in [0.1, 0.15) is 31.7 Å². The van der Waals surface area contributed by atoms with Crippen LogP contribution in [0, 0.1) is 5.92 Å². The molecular formula is C13H14N2O2. The van der Waals surface area contributed by atoms with Crippen LogP contribution >= 0.6 is 0 Å². The minimum Gasteiger partial charge on any atom is -0.438 e. The van der Waals surface area contributed by atoms with Gasteiger partial charge in [-0.05, 0) is 31.9 Å². The highest BCUT2D eigenvalue weighted by molar-refractivity contribution is 5.81. The normalized spacial score (nSPS) is 17.0. The van der Waals surface area contributed by atoms with Crippen molar-refractivity contribution >= 4 is 17.0 Å². The van der Waals surface area contributed by atoms with E-state index >= 15 is 0 Å². The molecule has 2 aromatic rings. The van der Waals surface area contributed by atoms with Crippen molar-refractivity contribution in [2.24, 2.45) is 5.92 Å². The van der Waals surface area contributed by atoms with Gasteiger partial charge in [0.15, 0.2) is 5.58 Å². The summed E-state index contributed by atoms with van der Waals surface area (Å²) in [4.78, 5) is 16.0. The van der Waals surface area contributed by atoms with Gasteiger partial charge in [0, 0.05) is 5.92 Å². The van der Waals surface area contributed by atoms with Crippen molar-refractivity contribution in [3.63, 3.8) is 0 Å². The molecule has 4 nitrogen and oxygen atoms in total. The lowest BCUT2D eigenvalue weighted by molar-refractivity contribution is -0.123. The molecule has 0 aliphatic heterocycles. The smallest absolute Gasteiger partial charge is 0.223 e. The fraction of sp³-hybridized carbons (Fsp3) is 0.385. The van der Waals surface area contributed by atoms with Crippen LogP contribution in [0.4, 0.5) is 0 Å². The molecule has 1 atom stereocenters. The molecule has 1 heterocycles. The Balaban J connectivity index is 1.79. The number of hydrogen-bond acceptors (Lipinski definition) is 3. The number of carbonyl (C=O) groups is 1. The van der Waals surface area contributed by atoms with Crippen LogP contribution in [-0.4, -0.2) is 10.9 Å². The van der Waals surface area contributed by atoms with Gasteiger partial charge >= 0.3 is 0 Å². The largest absolute Gasteiger partial charge is 0.438 e. The maximum absolute atomic E-state index is 11.6. The quantitative estimate of drug-likeness (QED) is 0.880. The standard InChI is InChI=1S/C13H14N2O2/c1-8(14-12(16)9-6-7-9)13-15-10-4-2-3-5-11(10)17-13/h2-5,8-9H,6-7H2,1H3,(H,14,16). The molecule has 1 aromatic heterocycles. The molecule has 0 radical (unpaired) electrons. The summed E-state index contributed by atoms with van der Waals surface area (Å²) < 4.78 is 5.61. The second-order valence-electron chi connectivity index (χ2n) is 4.52. The van der Waals surface area contributed by atoms with E-state index in [1.165, 1.54) is 0 Å². The van der Waals surface area contributed by atoms with Gasteiger partial charge in [0.1, 0.15) is 11.6 Å². The molecule has 17 heavy (non-hydrogen) atoms. The number of hydrogen-bond donors (Lipinski definition) is 1. The van der Waals surface area contributed by atoms with E-state index in [4.69, 9.17) is 4.42 Å². The van der Waals surface area contributed by atoms with Crippen LogP contribution in [0.5, 0.6) is 0 Å². The van der Waals surface area contributed by atoms with Crippen molar-refractivity contribution in [3.8, 4) is 0 Å². The fourth-order valence-corrected chi connectivity index (χ4v) is 1.81. The molecule has 3 rings (SSSR count). The summed E-state index contributed by atoms with van der Waals surface area (Å²) in [6.45, 7) is 1.89. The number of nitrogens with one attached hydrogen (secondary N) is 1. The zero-order valence-electron chi connectivity index (χ0n) is 9.64. The van der Waals surface area contributed by atoms with Gasteiger partial charge in [0.25, 0.3) is 0 Å². The Morgan fingerprint density at radius 2 is 2.24 bits per heavy atom. The van der Waals surface area contributed by atoms with E-state index in [9.17, 15) is 4.79 Å². The molecule has 1 fully saturated rings. The number of amides is 1. The lowest BCUT2D eigenvalue weighted by atomic mass is 10.3. The molecule has 1 saturated carbocycles. The number of nitrogens with zero attached hydrogens (tertiary/aromatic N) is 1. The third-order valence-corrected chi connectivity index (χ3v) is 2.99. The van der Waals surface area contributed by atoms with Gasteiger partial charge in [-0.1, -0.05) is 12.1 Å². The number of oxazole rings is 1. The molecule has 0 bridgehead atoms. The maximum atomic E-state index is 11.6. The van der Waals surface area contributed by atoms with Gasteiger partial charge in [-0.15, -0.1) is 0 Å². The summed E-state index contributed by atoms with van der Waals surface area (Å²) in [5, 5.41) is 2.92. The Bertz CT molecular complexity index is 524. The predicted octanol–water partition coefficient (Wildman–Crippen LogP) is 2.42. The summed E-state index contributed by atoms with van der Waals surface area (Å²) in [5.74, 6) is 0.891. The van der Waals surface area contributed by atoms with Gasteiger partial charge < -0.3 is 9.73 Å². The summed E-state index contributed by atoms with van der Waals surface area (Å²) in [6, 6.07) is 7.43. The zero-order chi connectivity index (χ0) is 11.8. The second-order valence-corrected chi connectivity index (χ2v) is 4.52. The number of para-hydroxylation sites is 2. The van der Waals surface area contributed by atoms with Crippen LogP contribution in [0.15, 0.2) is 28.7 Å². The first-order valence-electron chi connectivity index (χ1n) is 5.90. The van der Waals surface area contributed by atoms with Crippen molar-refractivity contribution < 1.29 is 9.21 Å². The van der Waals surface area contributed by atoms with E-state index < -0.39 is 0 Å². The number of fused-ring (bicyclic) bond motifs is 1. The van der Waals surface area contributed by atoms with Crippen molar-refractivity contribution in [1.29, 1.82) is 0 Å². The van der Waals surface area contributed by atoms with Gasteiger partial charge in [-0.3, -0.25) is 4.79 Å². The van der Waals surface area contributed by atoms with Crippen molar-refractivity contribution in [2.45, 2.75) is 25.8 Å². The molecule has 4 heteroatoms. The van der Waals surface area contributed by atoms with Gasteiger partial charge in [0.05, 0.1) is 0 Å². The first kappa shape index (κ1) is 10.3. The average molecular weight is 230 g/mol. The monoisotopic (exact) mass is 230 g/mol. The van der Waals surface area contributed by atoms with E-state index in [0.29, 0.717) is 5.89 Å². The first-order valence-corrected chi connectivity index (χ1v) is 5.90. The highest BCUT2D eigenvalue weighted by Gasteiger charge is 2.31. The molecule has 1 unspecified atom stereocenters. The second kappa shape index (κ2) is 3.87. The molecule has 1 amide bonds. The molecule has 1 aliphatic rings. The van der Waals surface area contributed by atoms with Crippen molar-refractivity contribution in [2.75, 3.05) is 0 Å². The summed E-state index contributed by atoms with van der Waals surface area (Å²) >= 11 is 0. The Labute approximate surface area is 99.0 Å². The lowest BCUT2D eigenvalue weighted by Crippen LogP contribution is -2.28. The fourth-order valence-electron chi connectivity index (χ4n) is 1.81. The Morgan fingerprint density at radius 1 is 1.47 bits per heavy atom. The SMILES string of the molecule is CC(NC(=O)C1CC1)c1nc2ccccc2o1. The van der Waals surface area contributed by atoms with Crippen LogP contribution in [-0.2, 0) is 4.79 Å². The third kappa shape index (κ3) is 2.02. The van der Waals surface area contributed by atoms with E-state index in [1.54, 1.807) is 0 Å². The van der Waals surface area contributed by atoms with Crippen molar-refractivity contribution in [1.82, 2.24) is 10.3 Å². The molecule has 0 spiro atoms. The van der Waals surface area contributed by atoms with E-state index in [1.807, 2.05) is 31.2 Å². The minimum absolute atomic E-state index is 0.111. The maximum Gasteiger partial charge on any atom is 0.223 e. The van der Waals surface area contributed by atoms with Crippen LogP contribution in [0.25, 0.3) is 11.1 Å². The minimum atomic E-state index is -0.171. The van der Waals surface area contributed by atoms with Crippen LogP contribution in [0.3, 0.4) is 0 Å². The Morgan fingerprint density at radius 3 is 2.94 bits per heavy atom. The van der Waals surface area contributed by atoms with Gasteiger partial charge in [-0.2, -0.15) is 0 Å². The van der Waals surface area contributed by atoms with E-state index in [0.717, 1.165) is 23.9 Å². The molecule has 88 valence electrons. The van der Waals surface area contributed by atoms with E-state index in [2.05, 4.69) is 10.3 Å². The summed E-state index contributed by atoms with van der Waals surface area (Å²) in [5.41, 5.74) is 1.59. The number of rotatable bonds is 3. The summed E-state index contributed by atoms with van der Waals surface area (Å²) in [6.07, 6.45) is 2.01. The third-order valence-electron chi connectivity index (χ3n) is 2.99. The van der Waals surface area contributed by atoms with Crippen molar-refractivity contribution in [3.05, 3.63) is 30.2 Å². The van der Waals surface area contributed by atoms with Gasteiger partial charge in [-0.25, -0.2) is 4.98 Å². The average Bonchev–Trinajstić information content (AvgIpc) is 3.08. The van der Waals surface area contributed by atoms with E-state index in [-0.39, 0.29) is 17.9 Å². The molecule has 1 N–H and O–H groups in total. The highest BCUT2D eigenvalue weighted by Crippen LogP contribution is 2.30. The molecule has 1 aliphatic carbocycles. The Kier molecular flexibility index (Phi) is 2.35. The highest BCUT2D eigenvalue weighted by atomic mass is 16.3. The zero-order valence-corrected chi connectivity index (χ0v) is 9.64. The topological polar surface area (TPSA) is 55.1 Å². The number of aromatic nitrogens is 1. The number of benzene rings is 1. The van der Waals surface area contributed by atoms with Gasteiger partial charge in [0.2, 0.25) is 11.8 Å².